The average Bonchev–Trinajstić information content (AvgIpc) is 2.08. The molecule has 1 aromatic carbocycles. The van der Waals surface area contributed by atoms with E-state index in [-0.39, 0.29) is 6.42 Å². The van der Waals surface area contributed by atoms with Gasteiger partial charge in [-0.05, 0) is 37.0 Å². The molecule has 76 valence electrons. The molecular formula is C11H15NO2. The van der Waals surface area contributed by atoms with Gasteiger partial charge in [0.05, 0.1) is 0 Å². The van der Waals surface area contributed by atoms with E-state index in [2.05, 4.69) is 0 Å². The molecule has 0 saturated carbocycles. The molecule has 0 bridgehead atoms. The summed E-state index contributed by atoms with van der Waals surface area (Å²) in [6, 6.07) is 5.87. The average molecular weight is 193 g/mol. The lowest BCUT2D eigenvalue weighted by molar-refractivity contribution is -0.137. The highest BCUT2D eigenvalue weighted by molar-refractivity contribution is 5.66. The number of rotatable bonds is 4. The van der Waals surface area contributed by atoms with Crippen molar-refractivity contribution in [2.24, 2.45) is 0 Å². The van der Waals surface area contributed by atoms with Crippen LogP contribution < -0.4 is 5.73 Å². The predicted molar refractivity (Wildman–Crippen MR) is 56.2 cm³/mol. The molecule has 0 unspecified atom stereocenters. The number of carboxylic acids is 1. The molecule has 0 aromatic heterocycles. The van der Waals surface area contributed by atoms with Crippen molar-refractivity contribution in [3.05, 3.63) is 29.3 Å². The number of nitrogens with two attached hydrogens (primary N) is 1. The molecule has 0 aliphatic heterocycles. The highest BCUT2D eigenvalue weighted by Gasteiger charge is 2.01. The maximum Gasteiger partial charge on any atom is 0.303 e. The van der Waals surface area contributed by atoms with Crippen molar-refractivity contribution < 1.29 is 9.90 Å². The van der Waals surface area contributed by atoms with Gasteiger partial charge in [0.25, 0.3) is 0 Å². The molecule has 0 radical (unpaired) electrons. The van der Waals surface area contributed by atoms with Gasteiger partial charge in [0.2, 0.25) is 0 Å². The molecule has 1 aromatic rings. The lowest BCUT2D eigenvalue weighted by Crippen LogP contribution is -1.99. The third-order valence-electron chi connectivity index (χ3n) is 2.14. The van der Waals surface area contributed by atoms with E-state index in [1.165, 1.54) is 0 Å². The Balaban J connectivity index is 2.55. The molecule has 0 spiro atoms. The summed E-state index contributed by atoms with van der Waals surface area (Å²) in [5.41, 5.74) is 8.72. The van der Waals surface area contributed by atoms with E-state index < -0.39 is 5.97 Å². The number of hydrogen-bond donors (Lipinski definition) is 2. The van der Waals surface area contributed by atoms with Crippen molar-refractivity contribution in [2.75, 3.05) is 5.73 Å². The molecule has 0 saturated heterocycles. The third-order valence-corrected chi connectivity index (χ3v) is 2.14. The molecule has 3 heteroatoms. The van der Waals surface area contributed by atoms with Crippen LogP contribution in [0.15, 0.2) is 18.2 Å². The number of carbonyl (C=O) groups is 1. The van der Waals surface area contributed by atoms with Crippen molar-refractivity contribution >= 4 is 11.7 Å². The fourth-order valence-corrected chi connectivity index (χ4v) is 1.37. The molecule has 0 heterocycles. The summed E-state index contributed by atoms with van der Waals surface area (Å²) in [6.07, 6.45) is 1.58. The number of carboxylic acid groups (broad SMARTS) is 1. The maximum absolute atomic E-state index is 10.3. The number of nitrogen functional groups attached to an aromatic ring is 1. The zero-order chi connectivity index (χ0) is 10.6. The van der Waals surface area contributed by atoms with Crippen molar-refractivity contribution in [1.29, 1.82) is 0 Å². The molecule has 0 aliphatic carbocycles. The van der Waals surface area contributed by atoms with Gasteiger partial charge in [0.1, 0.15) is 0 Å². The van der Waals surface area contributed by atoms with Gasteiger partial charge in [-0.15, -0.1) is 0 Å². The molecule has 1 rings (SSSR count). The second kappa shape index (κ2) is 4.65. The van der Waals surface area contributed by atoms with E-state index in [4.69, 9.17) is 10.8 Å². The van der Waals surface area contributed by atoms with Gasteiger partial charge in [0, 0.05) is 12.1 Å². The fraction of sp³-hybridized carbons (Fsp3) is 0.364. The zero-order valence-corrected chi connectivity index (χ0v) is 8.29. The molecule has 0 fully saturated rings. The minimum atomic E-state index is -0.754. The number of benzene rings is 1. The van der Waals surface area contributed by atoms with E-state index in [0.717, 1.165) is 23.2 Å². The van der Waals surface area contributed by atoms with Gasteiger partial charge in [-0.25, -0.2) is 0 Å². The number of aliphatic carboxylic acids is 1. The summed E-state index contributed by atoms with van der Waals surface area (Å²) in [5, 5.41) is 8.47. The Kier molecular flexibility index (Phi) is 3.51. The maximum atomic E-state index is 10.3. The van der Waals surface area contributed by atoms with Gasteiger partial charge < -0.3 is 10.8 Å². The van der Waals surface area contributed by atoms with Gasteiger partial charge in [0.15, 0.2) is 0 Å². The van der Waals surface area contributed by atoms with Crippen molar-refractivity contribution in [1.82, 2.24) is 0 Å². The summed E-state index contributed by atoms with van der Waals surface area (Å²) in [6.45, 7) is 1.98. The van der Waals surface area contributed by atoms with E-state index in [0.29, 0.717) is 6.42 Å². The van der Waals surface area contributed by atoms with Crippen LogP contribution in [0.4, 0.5) is 5.69 Å². The molecule has 0 aliphatic rings. The molecule has 3 nitrogen and oxygen atoms in total. The van der Waals surface area contributed by atoms with Crippen LogP contribution in [0.5, 0.6) is 0 Å². The predicted octanol–water partition coefficient (Wildman–Crippen LogP) is 1.98. The first-order valence-electron chi connectivity index (χ1n) is 4.66. The smallest absolute Gasteiger partial charge is 0.303 e. The van der Waals surface area contributed by atoms with Crippen LogP contribution in [-0.2, 0) is 11.2 Å². The SMILES string of the molecule is Cc1ccc(CCCC(=O)O)c(N)c1. The van der Waals surface area contributed by atoms with E-state index >= 15 is 0 Å². The molecule has 14 heavy (non-hydrogen) atoms. The molecular weight excluding hydrogens is 178 g/mol. The van der Waals surface area contributed by atoms with Gasteiger partial charge in [-0.3, -0.25) is 4.79 Å². The van der Waals surface area contributed by atoms with Crippen molar-refractivity contribution in [3.63, 3.8) is 0 Å². The third kappa shape index (κ3) is 3.09. The van der Waals surface area contributed by atoms with Gasteiger partial charge in [-0.1, -0.05) is 12.1 Å². The van der Waals surface area contributed by atoms with Crippen molar-refractivity contribution in [2.45, 2.75) is 26.2 Å². The highest BCUT2D eigenvalue weighted by Crippen LogP contribution is 2.16. The molecule has 3 N–H and O–H groups in total. The first-order chi connectivity index (χ1) is 6.59. The zero-order valence-electron chi connectivity index (χ0n) is 8.29. The molecule has 0 amide bonds. The first-order valence-corrected chi connectivity index (χ1v) is 4.66. The summed E-state index contributed by atoms with van der Waals surface area (Å²) in [7, 11) is 0. The quantitative estimate of drug-likeness (QED) is 0.719. The number of aryl methyl sites for hydroxylation is 2. The largest absolute Gasteiger partial charge is 0.481 e. The van der Waals surface area contributed by atoms with Crippen LogP contribution in [0.3, 0.4) is 0 Å². The van der Waals surface area contributed by atoms with Crippen LogP contribution in [-0.4, -0.2) is 11.1 Å². The van der Waals surface area contributed by atoms with E-state index in [9.17, 15) is 4.79 Å². The monoisotopic (exact) mass is 193 g/mol. The normalized spacial score (nSPS) is 10.1. The standard InChI is InChI=1S/C11H15NO2/c1-8-5-6-9(10(12)7-8)3-2-4-11(13)14/h5-7H,2-4,12H2,1H3,(H,13,14). The second-order valence-corrected chi connectivity index (χ2v) is 3.45. The first kappa shape index (κ1) is 10.6. The van der Waals surface area contributed by atoms with E-state index in [1.807, 2.05) is 25.1 Å². The van der Waals surface area contributed by atoms with Crippen LogP contribution in [0.25, 0.3) is 0 Å². The Labute approximate surface area is 83.6 Å². The van der Waals surface area contributed by atoms with Crippen LogP contribution >= 0.6 is 0 Å². The van der Waals surface area contributed by atoms with Gasteiger partial charge >= 0.3 is 5.97 Å². The Hall–Kier alpha value is -1.51. The topological polar surface area (TPSA) is 63.3 Å². The summed E-state index contributed by atoms with van der Waals surface area (Å²) in [4.78, 5) is 10.3. The van der Waals surface area contributed by atoms with Crippen LogP contribution in [0.2, 0.25) is 0 Å². The Morgan fingerprint density at radius 1 is 1.50 bits per heavy atom. The second-order valence-electron chi connectivity index (χ2n) is 3.45. The Morgan fingerprint density at radius 2 is 2.21 bits per heavy atom. The summed E-state index contributed by atoms with van der Waals surface area (Å²) in [5.74, 6) is -0.754. The lowest BCUT2D eigenvalue weighted by atomic mass is 10.0. The van der Waals surface area contributed by atoms with E-state index in [1.54, 1.807) is 0 Å². The minimum Gasteiger partial charge on any atom is -0.481 e. The summed E-state index contributed by atoms with van der Waals surface area (Å²) < 4.78 is 0. The summed E-state index contributed by atoms with van der Waals surface area (Å²) >= 11 is 0. The number of hydrogen-bond acceptors (Lipinski definition) is 2. The Morgan fingerprint density at radius 3 is 2.79 bits per heavy atom. The Bertz CT molecular complexity index is 334. The van der Waals surface area contributed by atoms with Gasteiger partial charge in [-0.2, -0.15) is 0 Å². The molecule has 0 atom stereocenters. The number of anilines is 1. The van der Waals surface area contributed by atoms with Crippen LogP contribution in [0.1, 0.15) is 24.0 Å². The minimum absolute atomic E-state index is 0.202. The van der Waals surface area contributed by atoms with Crippen LogP contribution in [0, 0.1) is 6.92 Å². The highest BCUT2D eigenvalue weighted by atomic mass is 16.4. The fourth-order valence-electron chi connectivity index (χ4n) is 1.37. The lowest BCUT2D eigenvalue weighted by Gasteiger charge is -2.05. The van der Waals surface area contributed by atoms with Crippen molar-refractivity contribution in [3.8, 4) is 0 Å².